The molecule has 0 fully saturated rings. The molecule has 2 aromatic carbocycles. The molecule has 0 bridgehead atoms. The number of rotatable bonds is 5. The first-order chi connectivity index (χ1) is 13.9. The van der Waals surface area contributed by atoms with E-state index in [1.807, 2.05) is 19.1 Å². The van der Waals surface area contributed by atoms with Gasteiger partial charge < -0.3 is 19.3 Å². The van der Waals surface area contributed by atoms with E-state index in [1.54, 1.807) is 43.3 Å². The van der Waals surface area contributed by atoms with Crippen molar-refractivity contribution in [1.29, 1.82) is 0 Å². The summed E-state index contributed by atoms with van der Waals surface area (Å²) < 4.78 is 11.3. The van der Waals surface area contributed by atoms with Gasteiger partial charge in [-0.3, -0.25) is 9.59 Å². The summed E-state index contributed by atoms with van der Waals surface area (Å²) in [7, 11) is 3.43. The average molecular weight is 417 g/mol. The number of nitrogens with zero attached hydrogens (tertiary/aromatic N) is 2. The third-order valence-electron chi connectivity index (χ3n) is 4.70. The van der Waals surface area contributed by atoms with Gasteiger partial charge in [-0.15, -0.1) is 0 Å². The zero-order chi connectivity index (χ0) is 21.0. The van der Waals surface area contributed by atoms with Crippen molar-refractivity contribution in [2.45, 2.75) is 19.9 Å². The Hall–Kier alpha value is -2.73. The minimum Gasteiger partial charge on any atom is -0.489 e. The molecule has 1 heterocycles. The van der Waals surface area contributed by atoms with Gasteiger partial charge in [0.15, 0.2) is 11.5 Å². The molecule has 0 saturated carbocycles. The number of benzene rings is 2. The van der Waals surface area contributed by atoms with Gasteiger partial charge >= 0.3 is 0 Å². The molecule has 0 N–H and O–H groups in total. The second kappa shape index (κ2) is 9.18. The van der Waals surface area contributed by atoms with Crippen LogP contribution in [0.3, 0.4) is 0 Å². The number of amides is 2. The molecule has 0 unspecified atom stereocenters. The lowest BCUT2D eigenvalue weighted by Gasteiger charge is -2.22. The molecule has 0 spiro atoms. The molecule has 7 heteroatoms. The fourth-order valence-electron chi connectivity index (χ4n) is 3.10. The maximum absolute atomic E-state index is 13.1. The van der Waals surface area contributed by atoms with Crippen LogP contribution in [0.2, 0.25) is 5.02 Å². The summed E-state index contributed by atoms with van der Waals surface area (Å²) in [6.45, 7) is 3.94. The van der Waals surface area contributed by atoms with Crippen LogP contribution in [-0.4, -0.2) is 55.5 Å². The first kappa shape index (κ1) is 21.0. The lowest BCUT2D eigenvalue weighted by Crippen LogP contribution is -2.30. The zero-order valence-electron chi connectivity index (χ0n) is 16.9. The van der Waals surface area contributed by atoms with Gasteiger partial charge in [-0.2, -0.15) is 0 Å². The average Bonchev–Trinajstić information content (AvgIpc) is 2.97. The normalized spacial score (nSPS) is 12.8. The molecular formula is C22H25ClN2O4. The fraction of sp³-hybridized carbons (Fsp3) is 0.364. The van der Waals surface area contributed by atoms with Crippen LogP contribution in [0.1, 0.15) is 39.6 Å². The van der Waals surface area contributed by atoms with Gasteiger partial charge in [-0.05, 0) is 36.8 Å². The predicted molar refractivity (Wildman–Crippen MR) is 112 cm³/mol. The van der Waals surface area contributed by atoms with Gasteiger partial charge in [0.25, 0.3) is 11.8 Å². The molecule has 6 nitrogen and oxygen atoms in total. The van der Waals surface area contributed by atoms with Gasteiger partial charge in [0.1, 0.15) is 0 Å². The van der Waals surface area contributed by atoms with E-state index in [0.29, 0.717) is 54.0 Å². The maximum Gasteiger partial charge on any atom is 0.254 e. The minimum atomic E-state index is -0.140. The van der Waals surface area contributed by atoms with Crippen molar-refractivity contribution < 1.29 is 19.1 Å². The van der Waals surface area contributed by atoms with Crippen molar-refractivity contribution in [3.8, 4) is 11.5 Å². The van der Waals surface area contributed by atoms with Gasteiger partial charge in [-0.25, -0.2) is 0 Å². The Morgan fingerprint density at radius 1 is 1.00 bits per heavy atom. The number of hydrogen-bond acceptors (Lipinski definition) is 4. The molecule has 3 rings (SSSR count). The SMILES string of the molecule is CCN(Cc1ccc(C(=O)N(C)C)cc1)C(=O)c1cc(Cl)c2c(c1)OCCCO2. The summed E-state index contributed by atoms with van der Waals surface area (Å²) in [6.07, 6.45) is 0.766. The third-order valence-corrected chi connectivity index (χ3v) is 4.98. The number of carbonyl (C=O) groups excluding carboxylic acids is 2. The van der Waals surface area contributed by atoms with Crippen molar-refractivity contribution in [3.05, 3.63) is 58.1 Å². The van der Waals surface area contributed by atoms with E-state index in [2.05, 4.69) is 0 Å². The van der Waals surface area contributed by atoms with Crippen LogP contribution in [0.5, 0.6) is 11.5 Å². The molecule has 2 aromatic rings. The van der Waals surface area contributed by atoms with Crippen molar-refractivity contribution >= 4 is 23.4 Å². The molecule has 154 valence electrons. The maximum atomic E-state index is 13.1. The van der Waals surface area contributed by atoms with Gasteiger partial charge in [0, 0.05) is 44.7 Å². The first-order valence-corrected chi connectivity index (χ1v) is 9.97. The lowest BCUT2D eigenvalue weighted by atomic mass is 10.1. The Morgan fingerprint density at radius 3 is 2.34 bits per heavy atom. The quantitative estimate of drug-likeness (QED) is 0.742. The monoisotopic (exact) mass is 416 g/mol. The van der Waals surface area contributed by atoms with Crippen molar-refractivity contribution in [2.75, 3.05) is 33.9 Å². The van der Waals surface area contributed by atoms with E-state index < -0.39 is 0 Å². The standard InChI is InChI=1S/C22H25ClN2O4/c1-4-25(14-15-6-8-16(9-7-15)21(26)24(2)3)22(27)17-12-18(23)20-19(13-17)28-10-5-11-29-20/h6-9,12-13H,4-5,10-11,14H2,1-3H3. The van der Waals surface area contributed by atoms with Gasteiger partial charge in [0.2, 0.25) is 0 Å². The minimum absolute atomic E-state index is 0.0539. The Morgan fingerprint density at radius 2 is 1.69 bits per heavy atom. The number of fused-ring (bicyclic) bond motifs is 1. The highest BCUT2D eigenvalue weighted by atomic mass is 35.5. The van der Waals surface area contributed by atoms with Gasteiger partial charge in [-0.1, -0.05) is 23.7 Å². The van der Waals surface area contributed by atoms with Crippen LogP contribution in [0.25, 0.3) is 0 Å². The van der Waals surface area contributed by atoms with Crippen molar-refractivity contribution in [1.82, 2.24) is 9.80 Å². The summed E-state index contributed by atoms with van der Waals surface area (Å²) in [5.41, 5.74) is 2.01. The molecule has 29 heavy (non-hydrogen) atoms. The van der Waals surface area contributed by atoms with Crippen LogP contribution in [0, 0.1) is 0 Å². The summed E-state index contributed by atoms with van der Waals surface area (Å²) in [4.78, 5) is 28.4. The van der Waals surface area contributed by atoms with E-state index >= 15 is 0 Å². The highest BCUT2D eigenvalue weighted by Gasteiger charge is 2.21. The molecule has 1 aliphatic heterocycles. The van der Waals surface area contributed by atoms with Crippen LogP contribution < -0.4 is 9.47 Å². The second-order valence-corrected chi connectivity index (χ2v) is 7.46. The predicted octanol–water partition coefficient (Wildman–Crippen LogP) is 3.87. The number of halogens is 1. The Bertz CT molecular complexity index is 896. The molecule has 0 atom stereocenters. The largest absolute Gasteiger partial charge is 0.489 e. The summed E-state index contributed by atoms with van der Waals surface area (Å²) in [5.74, 6) is 0.797. The highest BCUT2D eigenvalue weighted by molar-refractivity contribution is 6.32. The Kier molecular flexibility index (Phi) is 6.64. The molecule has 1 aliphatic rings. The lowest BCUT2D eigenvalue weighted by molar-refractivity contribution is 0.0751. The molecule has 0 radical (unpaired) electrons. The van der Waals surface area contributed by atoms with E-state index in [9.17, 15) is 9.59 Å². The summed E-state index contributed by atoms with van der Waals surface area (Å²) >= 11 is 6.33. The van der Waals surface area contributed by atoms with Crippen LogP contribution in [0.15, 0.2) is 36.4 Å². The van der Waals surface area contributed by atoms with Crippen LogP contribution >= 0.6 is 11.6 Å². The first-order valence-electron chi connectivity index (χ1n) is 9.59. The van der Waals surface area contributed by atoms with E-state index in [1.165, 1.54) is 4.90 Å². The van der Waals surface area contributed by atoms with Crippen molar-refractivity contribution in [3.63, 3.8) is 0 Å². The van der Waals surface area contributed by atoms with Gasteiger partial charge in [0.05, 0.1) is 18.2 Å². The zero-order valence-corrected chi connectivity index (χ0v) is 17.7. The van der Waals surface area contributed by atoms with E-state index in [0.717, 1.165) is 12.0 Å². The molecule has 0 aromatic heterocycles. The second-order valence-electron chi connectivity index (χ2n) is 7.05. The molecule has 0 aliphatic carbocycles. The molecule has 0 saturated heterocycles. The topological polar surface area (TPSA) is 59.1 Å². The third kappa shape index (κ3) is 4.82. The van der Waals surface area contributed by atoms with E-state index in [4.69, 9.17) is 21.1 Å². The van der Waals surface area contributed by atoms with Crippen LogP contribution in [-0.2, 0) is 6.54 Å². The fourth-order valence-corrected chi connectivity index (χ4v) is 3.36. The Labute approximate surface area is 176 Å². The summed E-state index contributed by atoms with van der Waals surface area (Å²) in [6, 6.07) is 10.6. The Balaban J connectivity index is 1.78. The highest BCUT2D eigenvalue weighted by Crippen LogP contribution is 2.38. The smallest absolute Gasteiger partial charge is 0.254 e. The number of ether oxygens (including phenoxy) is 2. The van der Waals surface area contributed by atoms with Crippen molar-refractivity contribution in [2.24, 2.45) is 0 Å². The molecular weight excluding hydrogens is 392 g/mol. The number of carbonyl (C=O) groups is 2. The number of hydrogen-bond donors (Lipinski definition) is 0. The van der Waals surface area contributed by atoms with E-state index in [-0.39, 0.29) is 11.8 Å². The van der Waals surface area contributed by atoms with Crippen LogP contribution in [0.4, 0.5) is 0 Å². The summed E-state index contributed by atoms with van der Waals surface area (Å²) in [5, 5.41) is 0.371. The molecule has 2 amide bonds.